The maximum absolute atomic E-state index is 4.36. The van der Waals surface area contributed by atoms with Crippen molar-refractivity contribution in [2.75, 3.05) is 20.1 Å². The molecule has 1 aliphatic heterocycles. The van der Waals surface area contributed by atoms with Gasteiger partial charge in [-0.1, -0.05) is 0 Å². The van der Waals surface area contributed by atoms with Crippen molar-refractivity contribution in [3.05, 3.63) is 18.2 Å². The van der Waals surface area contributed by atoms with Crippen LogP contribution < -0.4 is 5.32 Å². The Kier molecular flexibility index (Phi) is 3.07. The molecular formula is C11H20N4. The first-order valence-electron chi connectivity index (χ1n) is 5.58. The van der Waals surface area contributed by atoms with Crippen molar-refractivity contribution < 1.29 is 0 Å². The number of rotatable bonds is 3. The summed E-state index contributed by atoms with van der Waals surface area (Å²) in [7, 11) is 4.22. The molecule has 4 nitrogen and oxygen atoms in total. The van der Waals surface area contributed by atoms with Crippen molar-refractivity contribution in [3.8, 4) is 0 Å². The maximum Gasteiger partial charge on any atom is 0.125 e. The zero-order chi connectivity index (χ0) is 10.8. The minimum atomic E-state index is 0.335. The summed E-state index contributed by atoms with van der Waals surface area (Å²) in [6.07, 6.45) is 5.09. The van der Waals surface area contributed by atoms with Crippen LogP contribution in [0.15, 0.2) is 12.4 Å². The van der Waals surface area contributed by atoms with Crippen LogP contribution in [0.4, 0.5) is 0 Å². The molecule has 2 atom stereocenters. The Balaban J connectivity index is 1.92. The number of nitrogens with zero attached hydrogens (tertiary/aromatic N) is 3. The fourth-order valence-corrected chi connectivity index (χ4v) is 2.29. The largest absolute Gasteiger partial charge is 0.337 e. The third-order valence-electron chi connectivity index (χ3n) is 3.12. The van der Waals surface area contributed by atoms with Crippen molar-refractivity contribution in [2.24, 2.45) is 7.05 Å². The lowest BCUT2D eigenvalue weighted by Crippen LogP contribution is -2.34. The number of nitrogens with one attached hydrogen (secondary N) is 1. The average Bonchev–Trinajstić information content (AvgIpc) is 2.75. The number of imidazole rings is 1. The SMILES string of the molecule is CC(NC1CCN(C)C1)c1nccn1C. The van der Waals surface area contributed by atoms with Gasteiger partial charge in [-0.05, 0) is 26.9 Å². The summed E-state index contributed by atoms with van der Waals surface area (Å²) in [5.74, 6) is 1.12. The second-order valence-electron chi connectivity index (χ2n) is 4.53. The monoisotopic (exact) mass is 208 g/mol. The Morgan fingerprint density at radius 2 is 2.33 bits per heavy atom. The first-order valence-corrected chi connectivity index (χ1v) is 5.58. The quantitative estimate of drug-likeness (QED) is 0.796. The molecule has 0 aromatic carbocycles. The predicted octanol–water partition coefficient (Wildman–Crippen LogP) is 0.775. The van der Waals surface area contributed by atoms with Crippen molar-refractivity contribution in [1.82, 2.24) is 19.8 Å². The van der Waals surface area contributed by atoms with Crippen LogP contribution in [0, 0.1) is 0 Å². The normalized spacial score (nSPS) is 24.6. The summed E-state index contributed by atoms with van der Waals surface area (Å²) in [4.78, 5) is 6.73. The van der Waals surface area contributed by atoms with E-state index in [0.717, 1.165) is 12.4 Å². The van der Waals surface area contributed by atoms with Crippen LogP contribution in [0.5, 0.6) is 0 Å². The Bertz CT molecular complexity index is 320. The summed E-state index contributed by atoms with van der Waals surface area (Å²) in [5, 5.41) is 3.63. The highest BCUT2D eigenvalue weighted by atomic mass is 15.2. The van der Waals surface area contributed by atoms with Gasteiger partial charge in [0, 0.05) is 32.0 Å². The summed E-state index contributed by atoms with van der Waals surface area (Å²) < 4.78 is 2.08. The van der Waals surface area contributed by atoms with Crippen LogP contribution in [0.1, 0.15) is 25.2 Å². The van der Waals surface area contributed by atoms with Gasteiger partial charge in [0.2, 0.25) is 0 Å². The lowest BCUT2D eigenvalue weighted by atomic mass is 10.2. The lowest BCUT2D eigenvalue weighted by Gasteiger charge is -2.19. The molecule has 2 unspecified atom stereocenters. The first kappa shape index (κ1) is 10.6. The summed E-state index contributed by atoms with van der Waals surface area (Å²) in [6.45, 7) is 4.53. The van der Waals surface area contributed by atoms with Crippen molar-refractivity contribution in [2.45, 2.75) is 25.4 Å². The molecule has 1 N–H and O–H groups in total. The molecule has 0 spiro atoms. The lowest BCUT2D eigenvalue weighted by molar-refractivity contribution is 0.382. The Morgan fingerprint density at radius 1 is 1.53 bits per heavy atom. The van der Waals surface area contributed by atoms with E-state index in [1.165, 1.54) is 13.0 Å². The van der Waals surface area contributed by atoms with E-state index >= 15 is 0 Å². The number of likely N-dealkylation sites (tertiary alicyclic amines) is 1. The van der Waals surface area contributed by atoms with E-state index < -0.39 is 0 Å². The van der Waals surface area contributed by atoms with Crippen molar-refractivity contribution in [1.29, 1.82) is 0 Å². The van der Waals surface area contributed by atoms with Gasteiger partial charge in [-0.25, -0.2) is 4.98 Å². The number of aryl methyl sites for hydroxylation is 1. The molecule has 2 rings (SSSR count). The predicted molar refractivity (Wildman–Crippen MR) is 60.7 cm³/mol. The molecule has 0 saturated carbocycles. The molecule has 15 heavy (non-hydrogen) atoms. The second-order valence-corrected chi connectivity index (χ2v) is 4.53. The molecule has 0 amide bonds. The molecular weight excluding hydrogens is 188 g/mol. The van der Waals surface area contributed by atoms with E-state index in [0.29, 0.717) is 12.1 Å². The van der Waals surface area contributed by atoms with Crippen LogP contribution >= 0.6 is 0 Å². The Hall–Kier alpha value is -0.870. The highest BCUT2D eigenvalue weighted by Crippen LogP contribution is 2.14. The highest BCUT2D eigenvalue weighted by molar-refractivity contribution is 4.98. The first-order chi connectivity index (χ1) is 7.16. The molecule has 1 aromatic heterocycles. The minimum Gasteiger partial charge on any atom is -0.337 e. The summed E-state index contributed by atoms with van der Waals surface area (Å²) >= 11 is 0. The third-order valence-corrected chi connectivity index (χ3v) is 3.12. The topological polar surface area (TPSA) is 33.1 Å². The Morgan fingerprint density at radius 3 is 2.87 bits per heavy atom. The molecule has 84 valence electrons. The minimum absolute atomic E-state index is 0.335. The number of aromatic nitrogens is 2. The molecule has 0 radical (unpaired) electrons. The summed E-state index contributed by atoms with van der Waals surface area (Å²) in [6, 6.07) is 0.947. The van der Waals surface area contributed by atoms with Crippen LogP contribution in [0.3, 0.4) is 0 Å². The molecule has 1 aromatic rings. The van der Waals surface area contributed by atoms with Crippen LogP contribution in [0.2, 0.25) is 0 Å². The molecule has 2 heterocycles. The maximum atomic E-state index is 4.36. The van der Waals surface area contributed by atoms with Gasteiger partial charge in [-0.2, -0.15) is 0 Å². The molecule has 4 heteroatoms. The van der Waals surface area contributed by atoms with Crippen molar-refractivity contribution in [3.63, 3.8) is 0 Å². The highest BCUT2D eigenvalue weighted by Gasteiger charge is 2.22. The van der Waals surface area contributed by atoms with Gasteiger partial charge in [-0.15, -0.1) is 0 Å². The van der Waals surface area contributed by atoms with Gasteiger partial charge < -0.3 is 14.8 Å². The number of likely N-dealkylation sites (N-methyl/N-ethyl adjacent to an activating group) is 1. The van der Waals surface area contributed by atoms with Crippen LogP contribution in [0.25, 0.3) is 0 Å². The van der Waals surface area contributed by atoms with Crippen molar-refractivity contribution >= 4 is 0 Å². The fourth-order valence-electron chi connectivity index (χ4n) is 2.29. The average molecular weight is 208 g/mol. The van der Waals surface area contributed by atoms with Gasteiger partial charge in [0.1, 0.15) is 5.82 Å². The van der Waals surface area contributed by atoms with E-state index in [4.69, 9.17) is 0 Å². The zero-order valence-corrected chi connectivity index (χ0v) is 9.77. The van der Waals surface area contributed by atoms with Gasteiger partial charge >= 0.3 is 0 Å². The third kappa shape index (κ3) is 2.38. The van der Waals surface area contributed by atoms with E-state index in [2.05, 4.69) is 33.7 Å². The van der Waals surface area contributed by atoms with E-state index in [-0.39, 0.29) is 0 Å². The molecule has 0 bridgehead atoms. The van der Waals surface area contributed by atoms with Gasteiger partial charge in [0.25, 0.3) is 0 Å². The van der Waals surface area contributed by atoms with Crippen LogP contribution in [-0.2, 0) is 7.05 Å². The zero-order valence-electron chi connectivity index (χ0n) is 9.77. The fraction of sp³-hybridized carbons (Fsp3) is 0.727. The van der Waals surface area contributed by atoms with Gasteiger partial charge in [0.15, 0.2) is 0 Å². The second kappa shape index (κ2) is 4.33. The van der Waals surface area contributed by atoms with Crippen LogP contribution in [-0.4, -0.2) is 40.6 Å². The van der Waals surface area contributed by atoms with E-state index in [1.54, 1.807) is 0 Å². The van der Waals surface area contributed by atoms with Gasteiger partial charge in [-0.3, -0.25) is 0 Å². The molecule has 1 fully saturated rings. The van der Waals surface area contributed by atoms with E-state index in [9.17, 15) is 0 Å². The molecule has 0 aliphatic carbocycles. The molecule has 1 aliphatic rings. The van der Waals surface area contributed by atoms with Gasteiger partial charge in [0.05, 0.1) is 6.04 Å². The Labute approximate surface area is 91.3 Å². The van der Waals surface area contributed by atoms with E-state index in [1.807, 2.05) is 19.4 Å². The smallest absolute Gasteiger partial charge is 0.125 e. The summed E-state index contributed by atoms with van der Waals surface area (Å²) in [5.41, 5.74) is 0. The standard InChI is InChI=1S/C11H20N4/c1-9(11-12-5-7-15(11)3)13-10-4-6-14(2)8-10/h5,7,9-10,13H,4,6,8H2,1-3H3. The number of hydrogen-bond acceptors (Lipinski definition) is 3. The number of hydrogen-bond donors (Lipinski definition) is 1. The molecule has 1 saturated heterocycles.